The highest BCUT2D eigenvalue weighted by molar-refractivity contribution is 7.17. The van der Waals surface area contributed by atoms with E-state index >= 15 is 0 Å². The third-order valence-electron chi connectivity index (χ3n) is 5.44. The van der Waals surface area contributed by atoms with Crippen molar-refractivity contribution in [3.63, 3.8) is 0 Å². The number of para-hydroxylation sites is 1. The normalized spacial score (nSPS) is 15.8. The first-order valence-corrected chi connectivity index (χ1v) is 12.2. The summed E-state index contributed by atoms with van der Waals surface area (Å²) in [5.41, 5.74) is 1.41. The fourth-order valence-electron chi connectivity index (χ4n) is 3.70. The summed E-state index contributed by atoms with van der Waals surface area (Å²) in [4.78, 5) is 38.6. The van der Waals surface area contributed by atoms with Crippen LogP contribution in [0.1, 0.15) is 60.8 Å². The van der Waals surface area contributed by atoms with Gasteiger partial charge in [-0.25, -0.2) is 4.79 Å². The number of fused-ring (bicyclic) bond motifs is 1. The van der Waals surface area contributed by atoms with Gasteiger partial charge in [-0.2, -0.15) is 0 Å². The minimum absolute atomic E-state index is 0.143. The van der Waals surface area contributed by atoms with Crippen LogP contribution in [0.5, 0.6) is 5.75 Å². The summed E-state index contributed by atoms with van der Waals surface area (Å²) in [6.07, 6.45) is 2.28. The molecule has 0 saturated carbocycles. The lowest BCUT2D eigenvalue weighted by atomic mass is 9.88. The zero-order valence-corrected chi connectivity index (χ0v) is 20.2. The fraction of sp³-hybridized carbons (Fsp3) is 0.480. The maximum atomic E-state index is 12.7. The molecule has 2 atom stereocenters. The average molecular weight is 474 g/mol. The van der Waals surface area contributed by atoms with Gasteiger partial charge in [-0.05, 0) is 63.1 Å². The molecule has 7 nitrogen and oxygen atoms in total. The van der Waals surface area contributed by atoms with E-state index in [0.717, 1.165) is 35.5 Å². The van der Waals surface area contributed by atoms with Gasteiger partial charge in [-0.15, -0.1) is 11.3 Å². The number of carbonyl (C=O) groups excluding carboxylic acids is 3. The van der Waals surface area contributed by atoms with E-state index in [1.165, 1.54) is 18.3 Å². The Morgan fingerprint density at radius 1 is 1.21 bits per heavy atom. The topological polar surface area (TPSA) is 90.9 Å². The smallest absolute Gasteiger partial charge is 0.341 e. The lowest BCUT2D eigenvalue weighted by molar-refractivity contribution is -0.153. The van der Waals surface area contributed by atoms with E-state index in [9.17, 15) is 14.4 Å². The van der Waals surface area contributed by atoms with Gasteiger partial charge >= 0.3 is 11.9 Å². The van der Waals surface area contributed by atoms with Crippen molar-refractivity contribution in [2.24, 2.45) is 5.92 Å². The summed E-state index contributed by atoms with van der Waals surface area (Å²) < 4.78 is 16.1. The van der Waals surface area contributed by atoms with Crippen LogP contribution in [0.15, 0.2) is 30.3 Å². The highest BCUT2D eigenvalue weighted by Gasteiger charge is 2.30. The second-order valence-corrected chi connectivity index (χ2v) is 9.27. The summed E-state index contributed by atoms with van der Waals surface area (Å²) in [7, 11) is 0. The summed E-state index contributed by atoms with van der Waals surface area (Å²) in [6.45, 7) is 6.09. The maximum Gasteiger partial charge on any atom is 0.341 e. The van der Waals surface area contributed by atoms with Crippen molar-refractivity contribution in [3.05, 3.63) is 46.3 Å². The number of benzene rings is 1. The number of hydrogen-bond donors (Lipinski definition) is 1. The monoisotopic (exact) mass is 473 g/mol. The molecule has 0 fully saturated rings. The predicted octanol–water partition coefficient (Wildman–Crippen LogP) is 4.78. The van der Waals surface area contributed by atoms with Crippen molar-refractivity contribution in [3.8, 4) is 5.75 Å². The van der Waals surface area contributed by atoms with Gasteiger partial charge in [-0.1, -0.05) is 25.1 Å². The minimum atomic E-state index is -0.986. The van der Waals surface area contributed by atoms with Gasteiger partial charge in [0.2, 0.25) is 0 Å². The van der Waals surface area contributed by atoms with Crippen LogP contribution in [0.3, 0.4) is 0 Å². The Kier molecular flexibility index (Phi) is 8.88. The van der Waals surface area contributed by atoms with E-state index in [0.29, 0.717) is 29.5 Å². The number of anilines is 1. The number of amides is 1. The van der Waals surface area contributed by atoms with Crippen LogP contribution in [0.25, 0.3) is 0 Å². The summed E-state index contributed by atoms with van der Waals surface area (Å²) in [5.74, 6) is -0.104. The largest absolute Gasteiger partial charge is 0.494 e. The average Bonchev–Trinajstić information content (AvgIpc) is 3.14. The van der Waals surface area contributed by atoms with Crippen molar-refractivity contribution in [2.45, 2.75) is 59.0 Å². The molecule has 8 heteroatoms. The van der Waals surface area contributed by atoms with Crippen LogP contribution in [0.4, 0.5) is 5.00 Å². The number of esters is 2. The quantitative estimate of drug-likeness (QED) is 0.395. The van der Waals surface area contributed by atoms with Crippen molar-refractivity contribution in [1.82, 2.24) is 0 Å². The third-order valence-corrected chi connectivity index (χ3v) is 6.61. The Morgan fingerprint density at radius 3 is 2.70 bits per heavy atom. The lowest BCUT2D eigenvalue weighted by Gasteiger charge is -2.18. The van der Waals surface area contributed by atoms with Crippen LogP contribution in [0.2, 0.25) is 0 Å². The number of hydrogen-bond acceptors (Lipinski definition) is 7. The first kappa shape index (κ1) is 24.8. The first-order valence-electron chi connectivity index (χ1n) is 11.4. The van der Waals surface area contributed by atoms with Gasteiger partial charge in [0.05, 0.1) is 18.8 Å². The second-order valence-electron chi connectivity index (χ2n) is 8.16. The van der Waals surface area contributed by atoms with Gasteiger partial charge < -0.3 is 19.5 Å². The van der Waals surface area contributed by atoms with Crippen molar-refractivity contribution in [2.75, 3.05) is 18.5 Å². The molecule has 3 rings (SSSR count). The molecular weight excluding hydrogens is 442 g/mol. The second kappa shape index (κ2) is 11.8. The molecule has 1 N–H and O–H groups in total. The van der Waals surface area contributed by atoms with E-state index in [1.807, 2.05) is 30.3 Å². The molecule has 0 bridgehead atoms. The zero-order valence-electron chi connectivity index (χ0n) is 19.3. The molecule has 0 radical (unpaired) electrons. The number of rotatable bonds is 10. The van der Waals surface area contributed by atoms with E-state index in [4.69, 9.17) is 14.2 Å². The molecule has 33 heavy (non-hydrogen) atoms. The Hall–Kier alpha value is -2.87. The molecule has 2 unspecified atom stereocenters. The van der Waals surface area contributed by atoms with Crippen LogP contribution in [0, 0.1) is 5.92 Å². The van der Waals surface area contributed by atoms with E-state index in [2.05, 4.69) is 12.2 Å². The standard InChI is InChI=1S/C25H31NO6S/c1-4-30-25(29)22-19-13-12-16(2)15-20(19)33-24(22)26-23(28)17(3)32-21(27)11-8-14-31-18-9-6-5-7-10-18/h5-7,9-10,16-17H,4,8,11-15H2,1-3H3,(H,26,28). The van der Waals surface area contributed by atoms with E-state index in [1.54, 1.807) is 6.92 Å². The van der Waals surface area contributed by atoms with Crippen molar-refractivity contribution < 1.29 is 28.6 Å². The van der Waals surface area contributed by atoms with E-state index in [-0.39, 0.29) is 13.0 Å². The van der Waals surface area contributed by atoms with Crippen LogP contribution >= 0.6 is 11.3 Å². The first-order chi connectivity index (χ1) is 15.9. The minimum Gasteiger partial charge on any atom is -0.494 e. The molecule has 1 aliphatic rings. The molecule has 2 aromatic rings. The van der Waals surface area contributed by atoms with Crippen molar-refractivity contribution in [1.29, 1.82) is 0 Å². The van der Waals surface area contributed by atoms with Gasteiger partial charge in [-0.3, -0.25) is 9.59 Å². The molecule has 178 valence electrons. The predicted molar refractivity (Wildman–Crippen MR) is 127 cm³/mol. The molecule has 1 heterocycles. The van der Waals surface area contributed by atoms with Crippen LogP contribution in [-0.2, 0) is 31.9 Å². The van der Waals surface area contributed by atoms with Crippen molar-refractivity contribution >= 4 is 34.2 Å². The van der Waals surface area contributed by atoms with Crippen LogP contribution in [-0.4, -0.2) is 37.2 Å². The number of thiophene rings is 1. The molecule has 1 aromatic heterocycles. The molecular formula is C25H31NO6S. The highest BCUT2D eigenvalue weighted by atomic mass is 32.1. The maximum absolute atomic E-state index is 12.7. The fourth-order valence-corrected chi connectivity index (χ4v) is 5.11. The molecule has 1 aromatic carbocycles. The summed E-state index contributed by atoms with van der Waals surface area (Å²) in [5, 5.41) is 3.26. The number of carbonyl (C=O) groups is 3. The van der Waals surface area contributed by atoms with Gasteiger partial charge in [0.1, 0.15) is 10.8 Å². The third kappa shape index (κ3) is 6.81. The lowest BCUT2D eigenvalue weighted by Crippen LogP contribution is -2.30. The SMILES string of the molecule is CCOC(=O)c1c(NC(=O)C(C)OC(=O)CCCOc2ccccc2)sc2c1CCC(C)C2. The highest BCUT2D eigenvalue weighted by Crippen LogP contribution is 2.40. The molecule has 0 aliphatic heterocycles. The number of nitrogens with one attached hydrogen (secondary N) is 1. The Bertz CT molecular complexity index is 971. The van der Waals surface area contributed by atoms with Gasteiger partial charge in [0.15, 0.2) is 6.10 Å². The Labute approximate surface area is 198 Å². The summed E-state index contributed by atoms with van der Waals surface area (Å²) >= 11 is 1.41. The van der Waals surface area contributed by atoms with Gasteiger partial charge in [0, 0.05) is 11.3 Å². The Morgan fingerprint density at radius 2 is 1.97 bits per heavy atom. The molecule has 1 aliphatic carbocycles. The molecule has 0 spiro atoms. The number of ether oxygens (including phenoxy) is 3. The van der Waals surface area contributed by atoms with Crippen LogP contribution < -0.4 is 10.1 Å². The van der Waals surface area contributed by atoms with E-state index < -0.39 is 23.9 Å². The molecule has 1 amide bonds. The summed E-state index contributed by atoms with van der Waals surface area (Å²) in [6, 6.07) is 9.35. The molecule has 0 saturated heterocycles. The van der Waals surface area contributed by atoms with Gasteiger partial charge in [0.25, 0.3) is 5.91 Å². The zero-order chi connectivity index (χ0) is 23.8. The Balaban J connectivity index is 1.54.